The van der Waals surface area contributed by atoms with Crippen molar-refractivity contribution in [2.75, 3.05) is 13.6 Å². The summed E-state index contributed by atoms with van der Waals surface area (Å²) in [7, 11) is 3.55. The second-order valence-corrected chi connectivity index (χ2v) is 5.68. The minimum atomic E-state index is -0.717. The number of aromatic nitrogens is 2. The van der Waals surface area contributed by atoms with E-state index in [1.165, 1.54) is 0 Å². The highest BCUT2D eigenvalue weighted by Crippen LogP contribution is 2.25. The molecule has 0 saturated heterocycles. The minimum Gasteiger partial charge on any atom is -0.389 e. The minimum absolute atomic E-state index is 0.129. The second kappa shape index (κ2) is 6.40. The van der Waals surface area contributed by atoms with Crippen molar-refractivity contribution in [2.45, 2.75) is 12.1 Å². The van der Waals surface area contributed by atoms with E-state index in [1.807, 2.05) is 54.6 Å². The van der Waals surface area contributed by atoms with Crippen molar-refractivity contribution in [1.82, 2.24) is 14.5 Å². The molecular formula is C18H21N3O2. The second-order valence-electron chi connectivity index (χ2n) is 5.68. The van der Waals surface area contributed by atoms with E-state index in [9.17, 15) is 9.90 Å². The fourth-order valence-electron chi connectivity index (χ4n) is 3.10. The van der Waals surface area contributed by atoms with E-state index < -0.39 is 12.1 Å². The third kappa shape index (κ3) is 2.69. The normalized spacial score (nSPS) is 14.0. The fourth-order valence-corrected chi connectivity index (χ4v) is 3.10. The average molecular weight is 311 g/mol. The van der Waals surface area contributed by atoms with Gasteiger partial charge in [-0.25, -0.2) is 4.79 Å². The molecule has 0 fully saturated rings. The van der Waals surface area contributed by atoms with E-state index in [-0.39, 0.29) is 5.69 Å². The molecule has 23 heavy (non-hydrogen) atoms. The average Bonchev–Trinajstić information content (AvgIpc) is 2.82. The van der Waals surface area contributed by atoms with Crippen LogP contribution in [0.4, 0.5) is 0 Å². The van der Waals surface area contributed by atoms with Gasteiger partial charge in [-0.05, 0) is 24.7 Å². The maximum atomic E-state index is 12.8. The Balaban J connectivity index is 2.26. The number of aryl methyl sites for hydroxylation is 1. The third-order valence-electron chi connectivity index (χ3n) is 4.19. The molecule has 0 aliphatic rings. The first-order valence-corrected chi connectivity index (χ1v) is 7.68. The van der Waals surface area contributed by atoms with Crippen LogP contribution in [-0.4, -0.2) is 33.9 Å². The van der Waals surface area contributed by atoms with Gasteiger partial charge < -0.3 is 10.4 Å². The molecule has 0 radical (unpaired) electrons. The van der Waals surface area contributed by atoms with Crippen LogP contribution in [0.5, 0.6) is 0 Å². The molecule has 1 aromatic heterocycles. The number of aliphatic hydroxyl groups is 1. The van der Waals surface area contributed by atoms with Crippen LogP contribution in [0.2, 0.25) is 0 Å². The summed E-state index contributed by atoms with van der Waals surface area (Å²) in [6.07, 6.45) is -0.717. The van der Waals surface area contributed by atoms with Crippen LogP contribution in [0.25, 0.3) is 11.0 Å². The lowest BCUT2D eigenvalue weighted by Gasteiger charge is -2.24. The van der Waals surface area contributed by atoms with Gasteiger partial charge in [0.05, 0.1) is 23.2 Å². The summed E-state index contributed by atoms with van der Waals surface area (Å²) in [6.45, 7) is 0.398. The quantitative estimate of drug-likeness (QED) is 0.751. The Morgan fingerprint density at radius 3 is 2.30 bits per heavy atom. The summed E-state index contributed by atoms with van der Waals surface area (Å²) in [4.78, 5) is 12.8. The molecule has 0 aliphatic heterocycles. The lowest BCUT2D eigenvalue weighted by molar-refractivity contribution is 0.130. The van der Waals surface area contributed by atoms with Crippen LogP contribution < -0.4 is 11.0 Å². The van der Waals surface area contributed by atoms with Crippen LogP contribution in [0, 0.1) is 0 Å². The van der Waals surface area contributed by atoms with E-state index in [0.717, 1.165) is 16.6 Å². The number of rotatable bonds is 5. The van der Waals surface area contributed by atoms with Crippen LogP contribution in [0.3, 0.4) is 0 Å². The standard InChI is InChI=1S/C18H21N3O2/c1-19-12-16(22)17(13-8-4-3-5-9-13)21-15-11-7-6-10-14(15)20(2)18(21)23/h3-11,16-17,19,22H,12H2,1-2H3/t16-,17+/m1/s1. The smallest absolute Gasteiger partial charge is 0.329 e. The van der Waals surface area contributed by atoms with Gasteiger partial charge in [0.25, 0.3) is 0 Å². The van der Waals surface area contributed by atoms with Crippen molar-refractivity contribution < 1.29 is 5.11 Å². The lowest BCUT2D eigenvalue weighted by Crippen LogP contribution is -2.38. The van der Waals surface area contributed by atoms with Crippen LogP contribution in [-0.2, 0) is 7.05 Å². The summed E-state index contributed by atoms with van der Waals surface area (Å²) in [5.41, 5.74) is 2.46. The van der Waals surface area contributed by atoms with Gasteiger partial charge in [0.2, 0.25) is 0 Å². The zero-order chi connectivity index (χ0) is 16.4. The predicted molar refractivity (Wildman–Crippen MR) is 91.7 cm³/mol. The molecular weight excluding hydrogens is 290 g/mol. The Bertz CT molecular complexity index is 852. The van der Waals surface area contributed by atoms with Crippen molar-refractivity contribution in [2.24, 2.45) is 7.05 Å². The van der Waals surface area contributed by atoms with E-state index in [4.69, 9.17) is 0 Å². The van der Waals surface area contributed by atoms with E-state index in [0.29, 0.717) is 6.54 Å². The maximum Gasteiger partial charge on any atom is 0.329 e. The van der Waals surface area contributed by atoms with Gasteiger partial charge in [0.1, 0.15) is 0 Å². The number of nitrogens with one attached hydrogen (secondary N) is 1. The SMILES string of the molecule is CNC[C@@H](O)[C@H](c1ccccc1)n1c(=O)n(C)c2ccccc21. The molecule has 2 N–H and O–H groups in total. The molecule has 2 aromatic carbocycles. The number of imidazole rings is 1. The molecule has 0 unspecified atom stereocenters. The molecule has 3 rings (SSSR count). The summed E-state index contributed by atoms with van der Waals surface area (Å²) in [5.74, 6) is 0. The van der Waals surface area contributed by atoms with Crippen LogP contribution in [0.1, 0.15) is 11.6 Å². The predicted octanol–water partition coefficient (Wildman–Crippen LogP) is 1.51. The van der Waals surface area contributed by atoms with Crippen LogP contribution in [0.15, 0.2) is 59.4 Å². The van der Waals surface area contributed by atoms with Crippen molar-refractivity contribution in [1.29, 1.82) is 0 Å². The molecule has 0 aliphatic carbocycles. The van der Waals surface area contributed by atoms with Gasteiger partial charge in [-0.3, -0.25) is 9.13 Å². The summed E-state index contributed by atoms with van der Waals surface area (Å²) >= 11 is 0. The summed E-state index contributed by atoms with van der Waals surface area (Å²) in [6, 6.07) is 16.9. The van der Waals surface area contributed by atoms with E-state index >= 15 is 0 Å². The number of fused-ring (bicyclic) bond motifs is 1. The Morgan fingerprint density at radius 1 is 1.04 bits per heavy atom. The molecule has 5 nitrogen and oxygen atoms in total. The Morgan fingerprint density at radius 2 is 1.65 bits per heavy atom. The van der Waals surface area contributed by atoms with Gasteiger partial charge in [-0.2, -0.15) is 0 Å². The van der Waals surface area contributed by atoms with Crippen molar-refractivity contribution in [3.05, 3.63) is 70.6 Å². The Kier molecular flexibility index (Phi) is 4.32. The molecule has 0 spiro atoms. The fraction of sp³-hybridized carbons (Fsp3) is 0.278. The molecule has 2 atom stereocenters. The van der Waals surface area contributed by atoms with Crippen LogP contribution >= 0.6 is 0 Å². The summed E-state index contributed by atoms with van der Waals surface area (Å²) < 4.78 is 3.31. The number of likely N-dealkylation sites (N-methyl/N-ethyl adjacent to an activating group) is 1. The van der Waals surface area contributed by atoms with Gasteiger partial charge in [-0.1, -0.05) is 42.5 Å². The van der Waals surface area contributed by atoms with Gasteiger partial charge in [0.15, 0.2) is 0 Å². The van der Waals surface area contributed by atoms with E-state index in [1.54, 1.807) is 23.2 Å². The van der Waals surface area contributed by atoms with Gasteiger partial charge in [0, 0.05) is 13.6 Å². The number of aliphatic hydroxyl groups excluding tert-OH is 1. The highest BCUT2D eigenvalue weighted by molar-refractivity contribution is 5.76. The van der Waals surface area contributed by atoms with Gasteiger partial charge in [-0.15, -0.1) is 0 Å². The third-order valence-corrected chi connectivity index (χ3v) is 4.19. The maximum absolute atomic E-state index is 12.8. The first-order chi connectivity index (χ1) is 11.1. The molecule has 1 heterocycles. The van der Waals surface area contributed by atoms with Crippen molar-refractivity contribution in [3.8, 4) is 0 Å². The highest BCUT2D eigenvalue weighted by Gasteiger charge is 2.26. The number of benzene rings is 2. The van der Waals surface area contributed by atoms with E-state index in [2.05, 4.69) is 5.32 Å². The number of hydrogen-bond acceptors (Lipinski definition) is 3. The molecule has 3 aromatic rings. The zero-order valence-electron chi connectivity index (χ0n) is 13.3. The summed E-state index contributed by atoms with van der Waals surface area (Å²) in [5, 5.41) is 13.7. The number of hydrogen-bond donors (Lipinski definition) is 2. The van der Waals surface area contributed by atoms with Gasteiger partial charge >= 0.3 is 5.69 Å². The molecule has 5 heteroatoms. The number of nitrogens with zero attached hydrogens (tertiary/aromatic N) is 2. The van der Waals surface area contributed by atoms with Crippen molar-refractivity contribution >= 4 is 11.0 Å². The first-order valence-electron chi connectivity index (χ1n) is 7.68. The lowest BCUT2D eigenvalue weighted by atomic mass is 10.0. The largest absolute Gasteiger partial charge is 0.389 e. The monoisotopic (exact) mass is 311 g/mol. The Labute approximate surface area is 134 Å². The zero-order valence-corrected chi connectivity index (χ0v) is 13.3. The van der Waals surface area contributed by atoms with Crippen molar-refractivity contribution in [3.63, 3.8) is 0 Å². The molecule has 0 bridgehead atoms. The Hall–Kier alpha value is -2.37. The molecule has 120 valence electrons. The topological polar surface area (TPSA) is 59.2 Å². The first kappa shape index (κ1) is 15.5. The highest BCUT2D eigenvalue weighted by atomic mass is 16.3. The molecule has 0 amide bonds. The number of para-hydroxylation sites is 2. The molecule has 0 saturated carbocycles.